The molecule has 2 heterocycles. The summed E-state index contributed by atoms with van der Waals surface area (Å²) in [7, 11) is 0. The largest absolute Gasteiger partial charge is 0.394 e. The maximum absolute atomic E-state index is 10.6. The minimum absolute atomic E-state index is 0.322. The Kier molecular flexibility index (Phi) is 16.0. The van der Waals surface area contributed by atoms with Crippen LogP contribution in [-0.4, -0.2) is 117 Å². The Hall–Kier alpha value is -0.440. The summed E-state index contributed by atoms with van der Waals surface area (Å²) in [5.74, 6) is 0. The normalized spacial score (nSPS) is 36.6. The van der Waals surface area contributed by atoms with E-state index in [0.717, 1.165) is 19.3 Å². The second kappa shape index (κ2) is 18.0. The summed E-state index contributed by atoms with van der Waals surface area (Å²) < 4.78 is 22.1. The van der Waals surface area contributed by atoms with E-state index in [9.17, 15) is 35.7 Å². The van der Waals surface area contributed by atoms with Crippen LogP contribution in [0.4, 0.5) is 0 Å². The zero-order valence-corrected chi connectivity index (χ0v) is 22.1. The van der Waals surface area contributed by atoms with E-state index in [1.807, 2.05) is 0 Å². The molecule has 2 aliphatic rings. The Labute approximate surface area is 220 Å². The van der Waals surface area contributed by atoms with Gasteiger partial charge in [-0.15, -0.1) is 0 Å². The highest BCUT2D eigenvalue weighted by molar-refractivity contribution is 4.94. The predicted molar refractivity (Wildman–Crippen MR) is 133 cm³/mol. The lowest BCUT2D eigenvalue weighted by Crippen LogP contribution is -2.64. The first-order valence-electron chi connectivity index (χ1n) is 14.1. The van der Waals surface area contributed by atoms with Crippen LogP contribution in [-0.2, 0) is 18.9 Å². The second-order valence-electron chi connectivity index (χ2n) is 10.3. The molecule has 37 heavy (non-hydrogen) atoms. The van der Waals surface area contributed by atoms with Crippen molar-refractivity contribution in [3.05, 3.63) is 0 Å². The molecule has 0 aliphatic carbocycles. The summed E-state index contributed by atoms with van der Waals surface area (Å²) in [6.07, 6.45) is 0.153. The fourth-order valence-electron chi connectivity index (χ4n) is 4.84. The summed E-state index contributed by atoms with van der Waals surface area (Å²) in [6, 6.07) is 0. The van der Waals surface area contributed by atoms with E-state index in [0.29, 0.717) is 6.61 Å². The monoisotopic (exact) mass is 538 g/mol. The zero-order chi connectivity index (χ0) is 27.2. The highest BCUT2D eigenvalue weighted by Gasteiger charge is 2.50. The number of ether oxygens (including phenoxy) is 4. The lowest BCUT2D eigenvalue weighted by atomic mass is 9.97. The first-order chi connectivity index (χ1) is 17.8. The van der Waals surface area contributed by atoms with Gasteiger partial charge < -0.3 is 54.7 Å². The van der Waals surface area contributed by atoms with Crippen molar-refractivity contribution in [1.82, 2.24) is 0 Å². The van der Waals surface area contributed by atoms with Crippen molar-refractivity contribution < 1.29 is 54.7 Å². The van der Waals surface area contributed by atoms with Crippen molar-refractivity contribution in [3.8, 4) is 0 Å². The van der Waals surface area contributed by atoms with Gasteiger partial charge in [0.05, 0.1) is 13.2 Å². The van der Waals surface area contributed by atoms with Crippen LogP contribution < -0.4 is 0 Å². The number of unbranched alkanes of at least 4 members (excludes halogenated alkanes) is 11. The Morgan fingerprint density at radius 3 is 1.57 bits per heavy atom. The van der Waals surface area contributed by atoms with Crippen LogP contribution in [0.2, 0.25) is 0 Å². The molecular formula is C26H50O11. The van der Waals surface area contributed by atoms with E-state index in [4.69, 9.17) is 18.9 Å². The van der Waals surface area contributed by atoms with Crippen LogP contribution in [0, 0.1) is 0 Å². The van der Waals surface area contributed by atoms with Gasteiger partial charge in [0.2, 0.25) is 0 Å². The average molecular weight is 539 g/mol. The molecule has 0 aromatic rings. The Morgan fingerprint density at radius 1 is 0.541 bits per heavy atom. The number of rotatable bonds is 18. The van der Waals surface area contributed by atoms with Crippen molar-refractivity contribution in [3.63, 3.8) is 0 Å². The quantitative estimate of drug-likeness (QED) is 0.120. The summed E-state index contributed by atoms with van der Waals surface area (Å²) >= 11 is 0. The fraction of sp³-hybridized carbons (Fsp3) is 1.00. The number of aliphatic hydroxyl groups excluding tert-OH is 7. The van der Waals surface area contributed by atoms with Gasteiger partial charge in [-0.1, -0.05) is 77.6 Å². The fourth-order valence-corrected chi connectivity index (χ4v) is 4.84. The molecule has 0 bridgehead atoms. The van der Waals surface area contributed by atoms with Crippen LogP contribution in [0.3, 0.4) is 0 Å². The second-order valence-corrected chi connectivity index (χ2v) is 10.3. The van der Waals surface area contributed by atoms with Crippen LogP contribution in [0.15, 0.2) is 0 Å². The molecule has 0 aromatic heterocycles. The molecule has 2 rings (SSSR count). The molecule has 0 amide bonds. The van der Waals surface area contributed by atoms with Crippen LogP contribution in [0.1, 0.15) is 84.0 Å². The summed E-state index contributed by atoms with van der Waals surface area (Å²) in [5, 5.41) is 70.3. The van der Waals surface area contributed by atoms with Gasteiger partial charge in [0.15, 0.2) is 12.6 Å². The highest BCUT2D eigenvalue weighted by atomic mass is 16.7. The van der Waals surface area contributed by atoms with Gasteiger partial charge in [0.25, 0.3) is 0 Å². The highest BCUT2D eigenvalue weighted by Crippen LogP contribution is 2.29. The first-order valence-corrected chi connectivity index (χ1v) is 14.1. The van der Waals surface area contributed by atoms with Crippen molar-refractivity contribution in [2.45, 2.75) is 145 Å². The molecule has 0 spiro atoms. The smallest absolute Gasteiger partial charge is 0.187 e. The maximum atomic E-state index is 10.6. The molecule has 11 nitrogen and oxygen atoms in total. The molecule has 7 N–H and O–H groups in total. The standard InChI is InChI=1S/C26H50O11/c1-2-3-4-5-6-7-8-9-10-11-12-13-14-34-25-23(33)21(31)24(18(16-28)36-25)37-26-22(32)20(30)19(29)17(15-27)35-26/h17-33H,2-16H2,1H3/t17?,18?,19-,20?,21?,22?,23?,24-,25-,26-/m1/s1. The average Bonchev–Trinajstić information content (AvgIpc) is 2.90. The van der Waals surface area contributed by atoms with E-state index < -0.39 is 74.6 Å². The molecule has 220 valence electrons. The van der Waals surface area contributed by atoms with Crippen molar-refractivity contribution in [2.75, 3.05) is 19.8 Å². The van der Waals surface area contributed by atoms with Gasteiger partial charge in [0.1, 0.15) is 48.8 Å². The molecule has 2 fully saturated rings. The Bertz CT molecular complexity index is 579. The summed E-state index contributed by atoms with van der Waals surface area (Å²) in [5.41, 5.74) is 0. The molecule has 11 heteroatoms. The van der Waals surface area contributed by atoms with E-state index in [1.165, 1.54) is 57.8 Å². The van der Waals surface area contributed by atoms with Crippen LogP contribution in [0.25, 0.3) is 0 Å². The SMILES string of the molecule is CCCCCCCCCCCCCCO[C@@H]1OC(CO)[C@@H](O[C@H]2OC(CO)[C@@H](O)C(O)C2O)C(O)C1O. The molecular weight excluding hydrogens is 488 g/mol. The van der Waals surface area contributed by atoms with E-state index in [-0.39, 0.29) is 0 Å². The molecule has 2 saturated heterocycles. The van der Waals surface area contributed by atoms with E-state index >= 15 is 0 Å². The lowest BCUT2D eigenvalue weighted by molar-refractivity contribution is -0.359. The first kappa shape index (κ1) is 32.8. The van der Waals surface area contributed by atoms with E-state index in [2.05, 4.69) is 6.92 Å². The number of hydrogen-bond donors (Lipinski definition) is 7. The van der Waals surface area contributed by atoms with Crippen LogP contribution >= 0.6 is 0 Å². The third kappa shape index (κ3) is 10.2. The molecule has 6 unspecified atom stereocenters. The summed E-state index contributed by atoms with van der Waals surface area (Å²) in [4.78, 5) is 0. The van der Waals surface area contributed by atoms with Gasteiger partial charge in [-0.05, 0) is 6.42 Å². The van der Waals surface area contributed by atoms with Gasteiger partial charge in [-0.2, -0.15) is 0 Å². The number of aliphatic hydroxyl groups is 7. The molecule has 2 aliphatic heterocycles. The third-order valence-electron chi connectivity index (χ3n) is 7.24. The van der Waals surface area contributed by atoms with E-state index in [1.54, 1.807) is 0 Å². The summed E-state index contributed by atoms with van der Waals surface area (Å²) in [6.45, 7) is 1.33. The molecule has 0 radical (unpaired) electrons. The van der Waals surface area contributed by atoms with Crippen LogP contribution in [0.5, 0.6) is 0 Å². The van der Waals surface area contributed by atoms with Crippen molar-refractivity contribution >= 4 is 0 Å². The molecule has 0 saturated carbocycles. The topological polar surface area (TPSA) is 179 Å². The van der Waals surface area contributed by atoms with Crippen molar-refractivity contribution in [2.24, 2.45) is 0 Å². The van der Waals surface area contributed by atoms with Gasteiger partial charge in [-0.3, -0.25) is 0 Å². The zero-order valence-electron chi connectivity index (χ0n) is 22.1. The minimum Gasteiger partial charge on any atom is -0.394 e. The van der Waals surface area contributed by atoms with Gasteiger partial charge in [-0.25, -0.2) is 0 Å². The van der Waals surface area contributed by atoms with Gasteiger partial charge in [0, 0.05) is 6.61 Å². The minimum atomic E-state index is -1.69. The van der Waals surface area contributed by atoms with Gasteiger partial charge >= 0.3 is 0 Å². The Balaban J connectivity index is 1.68. The predicted octanol–water partition coefficient (Wildman–Crippen LogP) is 0.328. The number of hydrogen-bond acceptors (Lipinski definition) is 11. The maximum Gasteiger partial charge on any atom is 0.187 e. The molecule has 10 atom stereocenters. The third-order valence-corrected chi connectivity index (χ3v) is 7.24. The Morgan fingerprint density at radius 2 is 1.03 bits per heavy atom. The lowest BCUT2D eigenvalue weighted by Gasteiger charge is -2.45. The molecule has 0 aromatic carbocycles. The van der Waals surface area contributed by atoms with Crippen molar-refractivity contribution in [1.29, 1.82) is 0 Å².